The lowest BCUT2D eigenvalue weighted by Gasteiger charge is -2.13. The van der Waals surface area contributed by atoms with Crippen LogP contribution in [0, 0.1) is 0 Å². The molecule has 0 atom stereocenters. The van der Waals surface area contributed by atoms with Crippen molar-refractivity contribution in [2.75, 3.05) is 13.1 Å². The van der Waals surface area contributed by atoms with Gasteiger partial charge in [0.2, 0.25) is 0 Å². The van der Waals surface area contributed by atoms with E-state index in [9.17, 15) is 8.78 Å². The van der Waals surface area contributed by atoms with E-state index in [-0.39, 0.29) is 13.0 Å². The largest absolute Gasteiger partial charge is 0.308 e. The summed E-state index contributed by atoms with van der Waals surface area (Å²) >= 11 is 0. The zero-order valence-corrected chi connectivity index (χ0v) is 7.03. The van der Waals surface area contributed by atoms with Gasteiger partial charge in [0.25, 0.3) is 5.92 Å². The molecule has 66 valence electrons. The minimum absolute atomic E-state index is 0.101. The average Bonchev–Trinajstić information content (AvgIpc) is 1.99. The Hall–Kier alpha value is -0.440. The number of allylic oxidation sites excluding steroid dienone is 1. The lowest BCUT2D eigenvalue weighted by atomic mass is 10.2. The zero-order valence-electron chi connectivity index (χ0n) is 7.03. The maximum Gasteiger partial charge on any atom is 0.260 e. The molecule has 0 amide bonds. The molecular weight excluding hydrogens is 148 g/mol. The Bertz CT molecular complexity index is 121. The van der Waals surface area contributed by atoms with Crippen LogP contribution in [0.3, 0.4) is 0 Å². The molecule has 0 aromatic carbocycles. The van der Waals surface area contributed by atoms with Gasteiger partial charge in [0.15, 0.2) is 0 Å². The molecule has 0 aromatic rings. The topological polar surface area (TPSA) is 12.0 Å². The molecule has 3 heteroatoms. The van der Waals surface area contributed by atoms with E-state index in [2.05, 4.69) is 5.32 Å². The Morgan fingerprint density at radius 2 is 2.09 bits per heavy atom. The van der Waals surface area contributed by atoms with Crippen LogP contribution in [0.1, 0.15) is 20.3 Å². The van der Waals surface area contributed by atoms with E-state index in [1.54, 1.807) is 0 Å². The summed E-state index contributed by atoms with van der Waals surface area (Å²) in [7, 11) is 0. The Morgan fingerprint density at radius 3 is 2.55 bits per heavy atom. The van der Waals surface area contributed by atoms with Crippen molar-refractivity contribution in [2.45, 2.75) is 26.2 Å². The van der Waals surface area contributed by atoms with Crippen LogP contribution >= 0.6 is 0 Å². The molecule has 0 bridgehead atoms. The minimum Gasteiger partial charge on any atom is -0.308 e. The zero-order chi connectivity index (χ0) is 8.74. The summed E-state index contributed by atoms with van der Waals surface area (Å²) in [6, 6.07) is 0. The van der Waals surface area contributed by atoms with Gasteiger partial charge in [-0.1, -0.05) is 19.1 Å². The fourth-order valence-electron chi connectivity index (χ4n) is 0.581. The molecule has 1 nitrogen and oxygen atoms in total. The highest BCUT2D eigenvalue weighted by Crippen LogP contribution is 2.15. The molecule has 0 heterocycles. The molecule has 0 unspecified atom stereocenters. The van der Waals surface area contributed by atoms with Gasteiger partial charge in [-0.15, -0.1) is 0 Å². The number of nitrogens with one attached hydrogen (secondary N) is 1. The number of halogens is 2. The highest BCUT2D eigenvalue weighted by Gasteiger charge is 2.24. The van der Waals surface area contributed by atoms with E-state index in [0.717, 1.165) is 0 Å². The molecule has 11 heavy (non-hydrogen) atoms. The normalized spacial score (nSPS) is 12.7. The maximum atomic E-state index is 12.5. The first-order valence-electron chi connectivity index (χ1n) is 3.82. The first-order chi connectivity index (χ1) is 5.12. The predicted molar refractivity (Wildman–Crippen MR) is 42.9 cm³/mol. The molecule has 0 aliphatic carbocycles. The van der Waals surface area contributed by atoms with Gasteiger partial charge in [-0.3, -0.25) is 0 Å². The van der Waals surface area contributed by atoms with E-state index >= 15 is 0 Å². The Kier molecular flexibility index (Phi) is 5.03. The van der Waals surface area contributed by atoms with E-state index < -0.39 is 5.92 Å². The Morgan fingerprint density at radius 1 is 1.45 bits per heavy atom. The number of rotatable bonds is 5. The predicted octanol–water partition coefficient (Wildman–Crippen LogP) is 2.20. The summed E-state index contributed by atoms with van der Waals surface area (Å²) in [6.45, 7) is 3.64. The highest BCUT2D eigenvalue weighted by atomic mass is 19.3. The SMILES string of the molecule is C/C=C/CNCC(F)(F)CC. The molecule has 1 N–H and O–H groups in total. The van der Waals surface area contributed by atoms with Crippen molar-refractivity contribution in [3.05, 3.63) is 12.2 Å². The Balaban J connectivity index is 3.37. The molecule has 0 fully saturated rings. The fourth-order valence-corrected chi connectivity index (χ4v) is 0.581. The van der Waals surface area contributed by atoms with Crippen molar-refractivity contribution >= 4 is 0 Å². The number of alkyl halides is 2. The van der Waals surface area contributed by atoms with E-state index in [4.69, 9.17) is 0 Å². The lowest BCUT2D eigenvalue weighted by molar-refractivity contribution is -0.000677. The van der Waals surface area contributed by atoms with Crippen LogP contribution in [-0.4, -0.2) is 19.0 Å². The molecule has 0 rings (SSSR count). The van der Waals surface area contributed by atoms with Crippen LogP contribution in [-0.2, 0) is 0 Å². The molecule has 0 saturated carbocycles. The second-order valence-corrected chi connectivity index (χ2v) is 2.41. The molecule has 0 radical (unpaired) electrons. The van der Waals surface area contributed by atoms with E-state index in [0.29, 0.717) is 6.54 Å². The van der Waals surface area contributed by atoms with Crippen LogP contribution < -0.4 is 5.32 Å². The van der Waals surface area contributed by atoms with Crippen molar-refractivity contribution in [1.82, 2.24) is 5.32 Å². The second kappa shape index (κ2) is 5.24. The minimum atomic E-state index is -2.55. The second-order valence-electron chi connectivity index (χ2n) is 2.41. The van der Waals surface area contributed by atoms with Gasteiger partial charge in [0.1, 0.15) is 0 Å². The molecule has 0 aliphatic heterocycles. The Labute approximate surface area is 66.5 Å². The van der Waals surface area contributed by atoms with Gasteiger partial charge in [-0.05, 0) is 6.92 Å². The average molecular weight is 163 g/mol. The molecule has 0 saturated heterocycles. The highest BCUT2D eigenvalue weighted by molar-refractivity contribution is 4.80. The third kappa shape index (κ3) is 5.98. The summed E-state index contributed by atoms with van der Waals surface area (Å²) < 4.78 is 25.0. The monoisotopic (exact) mass is 163 g/mol. The van der Waals surface area contributed by atoms with Crippen molar-refractivity contribution < 1.29 is 8.78 Å². The standard InChI is InChI=1S/C8H15F2N/c1-3-5-6-11-7-8(9,10)4-2/h3,5,11H,4,6-7H2,1-2H3/b5-3+. The van der Waals surface area contributed by atoms with Gasteiger partial charge in [-0.2, -0.15) is 0 Å². The van der Waals surface area contributed by atoms with Gasteiger partial charge in [0.05, 0.1) is 6.54 Å². The molecule has 0 spiro atoms. The maximum absolute atomic E-state index is 12.5. The quantitative estimate of drug-likeness (QED) is 0.484. The van der Waals surface area contributed by atoms with E-state index in [1.807, 2.05) is 19.1 Å². The molecular formula is C8H15F2N. The first-order valence-corrected chi connectivity index (χ1v) is 3.82. The van der Waals surface area contributed by atoms with Crippen LogP contribution in [0.4, 0.5) is 8.78 Å². The number of hydrogen-bond acceptors (Lipinski definition) is 1. The van der Waals surface area contributed by atoms with Crippen molar-refractivity contribution in [2.24, 2.45) is 0 Å². The number of hydrogen-bond donors (Lipinski definition) is 1. The first kappa shape index (κ1) is 10.6. The summed E-state index contributed by atoms with van der Waals surface area (Å²) in [4.78, 5) is 0. The molecule has 0 aromatic heterocycles. The van der Waals surface area contributed by atoms with E-state index in [1.165, 1.54) is 6.92 Å². The smallest absolute Gasteiger partial charge is 0.260 e. The van der Waals surface area contributed by atoms with Gasteiger partial charge >= 0.3 is 0 Å². The third-order valence-electron chi connectivity index (χ3n) is 1.40. The summed E-state index contributed by atoms with van der Waals surface area (Å²) in [6.07, 6.45) is 3.54. The van der Waals surface area contributed by atoms with Gasteiger partial charge < -0.3 is 5.32 Å². The van der Waals surface area contributed by atoms with Crippen molar-refractivity contribution in [3.63, 3.8) is 0 Å². The van der Waals surface area contributed by atoms with Crippen molar-refractivity contribution in [3.8, 4) is 0 Å². The van der Waals surface area contributed by atoms with Crippen molar-refractivity contribution in [1.29, 1.82) is 0 Å². The third-order valence-corrected chi connectivity index (χ3v) is 1.40. The summed E-state index contributed by atoms with van der Waals surface area (Å²) in [5.41, 5.74) is 0. The summed E-state index contributed by atoms with van der Waals surface area (Å²) in [5, 5.41) is 2.64. The van der Waals surface area contributed by atoms with Crippen LogP contribution in [0.15, 0.2) is 12.2 Å². The summed E-state index contributed by atoms with van der Waals surface area (Å²) in [5.74, 6) is -2.55. The lowest BCUT2D eigenvalue weighted by Crippen LogP contribution is -2.32. The van der Waals surface area contributed by atoms with Crippen LogP contribution in [0.5, 0.6) is 0 Å². The van der Waals surface area contributed by atoms with Crippen LogP contribution in [0.25, 0.3) is 0 Å². The fraction of sp³-hybridized carbons (Fsp3) is 0.750. The molecule has 0 aliphatic rings. The van der Waals surface area contributed by atoms with Gasteiger partial charge in [0, 0.05) is 13.0 Å². The van der Waals surface area contributed by atoms with Gasteiger partial charge in [-0.25, -0.2) is 8.78 Å². The van der Waals surface area contributed by atoms with Crippen LogP contribution in [0.2, 0.25) is 0 Å².